The molecule has 0 saturated heterocycles. The van der Waals surface area contributed by atoms with Gasteiger partial charge in [-0.2, -0.15) is 15.4 Å². The van der Waals surface area contributed by atoms with Crippen molar-refractivity contribution in [1.29, 1.82) is 0 Å². The maximum atomic E-state index is 13.9. The van der Waals surface area contributed by atoms with Gasteiger partial charge in [0, 0.05) is 4.47 Å². The first-order chi connectivity index (χ1) is 9.20. The summed E-state index contributed by atoms with van der Waals surface area (Å²) in [6.45, 7) is 2.95. The average molecular weight is 327 g/mol. The van der Waals surface area contributed by atoms with Crippen molar-refractivity contribution in [1.82, 2.24) is 20.7 Å². The Morgan fingerprint density at radius 3 is 2.95 bits per heavy atom. The molecule has 0 radical (unpaired) electrons. The highest BCUT2D eigenvalue weighted by molar-refractivity contribution is 9.10. The molecule has 0 aliphatic heterocycles. The zero-order valence-corrected chi connectivity index (χ0v) is 12.2. The van der Waals surface area contributed by atoms with Crippen molar-refractivity contribution in [3.63, 3.8) is 0 Å². The fraction of sp³-hybridized carbons (Fsp3) is 0.385. The van der Waals surface area contributed by atoms with Gasteiger partial charge in [-0.05, 0) is 37.1 Å². The normalized spacial score (nSPS) is 12.6. The molecule has 6 heteroatoms. The summed E-state index contributed by atoms with van der Waals surface area (Å²) in [4.78, 5) is 0. The van der Waals surface area contributed by atoms with E-state index in [9.17, 15) is 4.39 Å². The third-order valence-electron chi connectivity index (χ3n) is 2.87. The van der Waals surface area contributed by atoms with Crippen LogP contribution in [0.5, 0.6) is 0 Å². The third kappa shape index (κ3) is 3.84. The Morgan fingerprint density at radius 2 is 2.32 bits per heavy atom. The molecule has 0 fully saturated rings. The van der Waals surface area contributed by atoms with Crippen molar-refractivity contribution in [3.05, 3.63) is 45.9 Å². The van der Waals surface area contributed by atoms with Gasteiger partial charge in [-0.25, -0.2) is 4.39 Å². The fourth-order valence-electron chi connectivity index (χ4n) is 1.89. The van der Waals surface area contributed by atoms with Gasteiger partial charge in [0.2, 0.25) is 0 Å². The van der Waals surface area contributed by atoms with Crippen molar-refractivity contribution in [2.24, 2.45) is 0 Å². The molecular weight excluding hydrogens is 311 g/mol. The number of hydrogen-bond acceptors (Lipinski definition) is 3. The van der Waals surface area contributed by atoms with Gasteiger partial charge < -0.3 is 5.32 Å². The zero-order chi connectivity index (χ0) is 13.7. The number of aromatic amines is 1. The van der Waals surface area contributed by atoms with Crippen LogP contribution in [-0.2, 0) is 6.42 Å². The van der Waals surface area contributed by atoms with Crippen molar-refractivity contribution in [3.8, 4) is 0 Å². The second-order valence-electron chi connectivity index (χ2n) is 4.34. The minimum absolute atomic E-state index is 0.0330. The lowest BCUT2D eigenvalue weighted by Gasteiger charge is -2.16. The zero-order valence-electron chi connectivity index (χ0n) is 10.7. The number of nitrogens with one attached hydrogen (secondary N) is 2. The molecule has 2 N–H and O–H groups in total. The van der Waals surface area contributed by atoms with Crippen LogP contribution in [0.2, 0.25) is 0 Å². The highest BCUT2D eigenvalue weighted by Crippen LogP contribution is 2.21. The van der Waals surface area contributed by atoms with Crippen LogP contribution in [0.4, 0.5) is 4.39 Å². The molecule has 102 valence electrons. The molecule has 1 atom stereocenters. The number of H-pyrrole nitrogens is 1. The fourth-order valence-corrected chi connectivity index (χ4v) is 2.22. The van der Waals surface area contributed by atoms with Gasteiger partial charge in [0.15, 0.2) is 0 Å². The van der Waals surface area contributed by atoms with Gasteiger partial charge in [0.1, 0.15) is 5.82 Å². The SMILES string of the molecule is CCCNC(Cc1ccc(Br)cc1F)c1cn[nH]n1. The van der Waals surface area contributed by atoms with E-state index in [0.717, 1.165) is 23.1 Å². The van der Waals surface area contributed by atoms with Crippen LogP contribution in [-0.4, -0.2) is 22.0 Å². The summed E-state index contributed by atoms with van der Waals surface area (Å²) in [5.74, 6) is -0.207. The Morgan fingerprint density at radius 1 is 1.47 bits per heavy atom. The van der Waals surface area contributed by atoms with Crippen LogP contribution in [0.3, 0.4) is 0 Å². The second kappa shape index (κ2) is 6.77. The molecule has 0 aliphatic rings. The first-order valence-corrected chi connectivity index (χ1v) is 7.03. The highest BCUT2D eigenvalue weighted by atomic mass is 79.9. The predicted molar refractivity (Wildman–Crippen MR) is 75.2 cm³/mol. The van der Waals surface area contributed by atoms with Gasteiger partial charge in [-0.1, -0.05) is 28.9 Å². The molecular formula is C13H16BrFN4. The van der Waals surface area contributed by atoms with Gasteiger partial charge in [-0.3, -0.25) is 0 Å². The van der Waals surface area contributed by atoms with E-state index in [1.54, 1.807) is 12.3 Å². The van der Waals surface area contributed by atoms with Crippen molar-refractivity contribution < 1.29 is 4.39 Å². The van der Waals surface area contributed by atoms with Gasteiger partial charge in [0.05, 0.1) is 17.9 Å². The van der Waals surface area contributed by atoms with Crippen molar-refractivity contribution in [2.45, 2.75) is 25.8 Å². The molecule has 19 heavy (non-hydrogen) atoms. The summed E-state index contributed by atoms with van der Waals surface area (Å²) in [5.41, 5.74) is 1.47. The van der Waals surface area contributed by atoms with Crippen LogP contribution in [0.25, 0.3) is 0 Å². The van der Waals surface area contributed by atoms with Crippen molar-refractivity contribution in [2.75, 3.05) is 6.54 Å². The predicted octanol–water partition coefficient (Wildman–Crippen LogP) is 2.99. The second-order valence-corrected chi connectivity index (χ2v) is 5.26. The Kier molecular flexibility index (Phi) is 5.04. The lowest BCUT2D eigenvalue weighted by Crippen LogP contribution is -2.24. The minimum Gasteiger partial charge on any atom is -0.308 e. The van der Waals surface area contributed by atoms with E-state index in [1.165, 1.54) is 6.07 Å². The number of nitrogens with zero attached hydrogens (tertiary/aromatic N) is 2. The molecule has 0 bridgehead atoms. The molecule has 1 heterocycles. The summed E-state index contributed by atoms with van der Waals surface area (Å²) in [5, 5.41) is 13.9. The summed E-state index contributed by atoms with van der Waals surface area (Å²) in [7, 11) is 0. The Balaban J connectivity index is 2.15. The van der Waals surface area contributed by atoms with E-state index in [2.05, 4.69) is 43.6 Å². The molecule has 1 aromatic carbocycles. The molecule has 0 aliphatic carbocycles. The standard InChI is InChI=1S/C13H16BrFN4/c1-2-5-16-12(13-8-17-19-18-13)6-9-3-4-10(14)7-11(9)15/h3-4,7-8,12,16H,2,5-6H2,1H3,(H,17,18,19). The molecule has 0 spiro atoms. The number of halogens is 2. The number of hydrogen-bond donors (Lipinski definition) is 2. The Bertz CT molecular complexity index is 515. The highest BCUT2D eigenvalue weighted by Gasteiger charge is 2.16. The largest absolute Gasteiger partial charge is 0.308 e. The molecule has 1 unspecified atom stereocenters. The molecule has 4 nitrogen and oxygen atoms in total. The number of benzene rings is 1. The molecule has 0 amide bonds. The van der Waals surface area contributed by atoms with Crippen LogP contribution in [0, 0.1) is 5.82 Å². The monoisotopic (exact) mass is 326 g/mol. The minimum atomic E-state index is -0.207. The maximum absolute atomic E-state index is 13.9. The lowest BCUT2D eigenvalue weighted by molar-refractivity contribution is 0.502. The van der Waals surface area contributed by atoms with Crippen LogP contribution >= 0.6 is 15.9 Å². The summed E-state index contributed by atoms with van der Waals surface area (Å²) in [6.07, 6.45) is 3.23. The third-order valence-corrected chi connectivity index (χ3v) is 3.36. The molecule has 1 aromatic heterocycles. The first-order valence-electron chi connectivity index (χ1n) is 6.23. The maximum Gasteiger partial charge on any atom is 0.127 e. The van der Waals surface area contributed by atoms with E-state index in [-0.39, 0.29) is 11.9 Å². The van der Waals surface area contributed by atoms with E-state index in [1.807, 2.05) is 6.07 Å². The van der Waals surface area contributed by atoms with Crippen LogP contribution < -0.4 is 5.32 Å². The summed E-state index contributed by atoms with van der Waals surface area (Å²) in [6, 6.07) is 5.09. The topological polar surface area (TPSA) is 53.6 Å². The summed E-state index contributed by atoms with van der Waals surface area (Å²) < 4.78 is 14.6. The van der Waals surface area contributed by atoms with E-state index >= 15 is 0 Å². The number of rotatable bonds is 6. The Hall–Kier alpha value is -1.27. The molecule has 0 saturated carbocycles. The Labute approximate surface area is 119 Å². The van der Waals surface area contributed by atoms with Crippen molar-refractivity contribution >= 4 is 15.9 Å². The van der Waals surface area contributed by atoms with Gasteiger partial charge in [-0.15, -0.1) is 0 Å². The average Bonchev–Trinajstić information content (AvgIpc) is 2.90. The van der Waals surface area contributed by atoms with Gasteiger partial charge in [0.25, 0.3) is 0 Å². The van der Waals surface area contributed by atoms with E-state index < -0.39 is 0 Å². The number of aromatic nitrogens is 3. The van der Waals surface area contributed by atoms with E-state index in [4.69, 9.17) is 0 Å². The first kappa shape index (κ1) is 14.1. The lowest BCUT2D eigenvalue weighted by atomic mass is 10.0. The summed E-state index contributed by atoms with van der Waals surface area (Å²) >= 11 is 3.26. The molecule has 2 rings (SSSR count). The van der Waals surface area contributed by atoms with Crippen LogP contribution in [0.1, 0.15) is 30.6 Å². The van der Waals surface area contributed by atoms with Crippen LogP contribution in [0.15, 0.2) is 28.9 Å². The quantitative estimate of drug-likeness (QED) is 0.858. The van der Waals surface area contributed by atoms with E-state index in [0.29, 0.717) is 12.0 Å². The molecule has 2 aromatic rings. The van der Waals surface area contributed by atoms with Gasteiger partial charge >= 0.3 is 0 Å². The smallest absolute Gasteiger partial charge is 0.127 e.